The zero-order chi connectivity index (χ0) is 41.5. The van der Waals surface area contributed by atoms with Crippen molar-refractivity contribution in [2.75, 3.05) is 25.4 Å². The average Bonchev–Trinajstić information content (AvgIpc) is 3.54. The van der Waals surface area contributed by atoms with E-state index in [-0.39, 0.29) is 51.2 Å². The third-order valence-corrected chi connectivity index (χ3v) is 15.7. The second kappa shape index (κ2) is 17.1. The van der Waals surface area contributed by atoms with Gasteiger partial charge in [0.15, 0.2) is 5.12 Å². The Morgan fingerprint density at radius 3 is 2.54 bits per heavy atom. The molecule has 6 atom stereocenters. The van der Waals surface area contributed by atoms with Crippen molar-refractivity contribution in [3.8, 4) is 5.75 Å². The van der Waals surface area contributed by atoms with Crippen LogP contribution in [0, 0.1) is 17.8 Å². The molecule has 0 spiro atoms. The van der Waals surface area contributed by atoms with E-state index in [1.54, 1.807) is 29.3 Å². The molecule has 1 unspecified atom stereocenters. The van der Waals surface area contributed by atoms with Crippen molar-refractivity contribution < 1.29 is 41.6 Å². The lowest BCUT2D eigenvalue weighted by molar-refractivity contribution is -0.149. The smallest absolute Gasteiger partial charge is 0.420 e. The molecular formula is C43H47F2N4O7PS2. The van der Waals surface area contributed by atoms with Crippen LogP contribution >= 0.6 is 30.7 Å². The largest absolute Gasteiger partial charge is 0.453 e. The Morgan fingerprint density at radius 1 is 1.02 bits per heavy atom. The minimum Gasteiger partial charge on any atom is -0.420 e. The summed E-state index contributed by atoms with van der Waals surface area (Å²) in [4.78, 5) is 62.3. The number of aromatic nitrogens is 1. The molecule has 4 aromatic rings. The van der Waals surface area contributed by atoms with Gasteiger partial charge in [-0.3, -0.25) is 28.7 Å². The fraction of sp³-hybridized carbons (Fsp3) is 0.465. The molecule has 1 saturated carbocycles. The van der Waals surface area contributed by atoms with Gasteiger partial charge in [0.25, 0.3) is 5.91 Å². The molecule has 3 amide bonds. The number of amides is 3. The number of likely N-dealkylation sites (tertiary alicyclic amines) is 1. The highest BCUT2D eigenvalue weighted by molar-refractivity contribution is 8.13. The Labute approximate surface area is 350 Å². The van der Waals surface area contributed by atoms with Crippen LogP contribution < -0.4 is 9.84 Å². The van der Waals surface area contributed by atoms with Gasteiger partial charge < -0.3 is 19.6 Å². The number of halogens is 2. The molecule has 8 rings (SSSR count). The second-order valence-corrected chi connectivity index (χ2v) is 20.7. The van der Waals surface area contributed by atoms with Crippen LogP contribution in [-0.4, -0.2) is 81.2 Å². The topological polar surface area (TPSA) is 135 Å². The number of hydrogen-bond donors (Lipinski definition) is 1. The number of hydrogen-bond acceptors (Lipinski definition) is 10. The lowest BCUT2D eigenvalue weighted by atomic mass is 9.92. The molecule has 1 aliphatic carbocycles. The highest BCUT2D eigenvalue weighted by Crippen LogP contribution is 2.66. The SMILES string of the molecule is CC(C)CC(=O)SCCOP(=O)(Oc1ccccc1)C(F)(F)c1ccc2sc(C(=O)N[C@H]3C[C@H]4C[C@H]4C[C@H]4CC[C@@H](C(=O)N5CC(c6cccnc6)C5)N4C3=O)cc2c1. The van der Waals surface area contributed by atoms with Gasteiger partial charge in [0.05, 0.1) is 11.5 Å². The van der Waals surface area contributed by atoms with Gasteiger partial charge in [-0.1, -0.05) is 55.9 Å². The zero-order valence-electron chi connectivity index (χ0n) is 32.8. The van der Waals surface area contributed by atoms with Crippen LogP contribution in [0.4, 0.5) is 8.78 Å². The molecular weight excluding hydrogens is 818 g/mol. The fourth-order valence-corrected chi connectivity index (χ4v) is 12.0. The van der Waals surface area contributed by atoms with Crippen LogP contribution in [-0.2, 0) is 29.1 Å². The van der Waals surface area contributed by atoms with Crippen molar-refractivity contribution in [3.05, 3.63) is 95.1 Å². The number of carbonyl (C=O) groups is 4. The highest BCUT2D eigenvalue weighted by Gasteiger charge is 2.57. The van der Waals surface area contributed by atoms with Gasteiger partial charge in [-0.2, -0.15) is 8.78 Å². The number of thiophene rings is 1. The summed E-state index contributed by atoms with van der Waals surface area (Å²) in [7, 11) is -5.23. The molecule has 4 fully saturated rings. The lowest BCUT2D eigenvalue weighted by Crippen LogP contribution is -2.59. The van der Waals surface area contributed by atoms with Gasteiger partial charge in [-0.25, -0.2) is 4.57 Å². The van der Waals surface area contributed by atoms with E-state index in [1.807, 2.05) is 37.1 Å². The van der Waals surface area contributed by atoms with Crippen LogP contribution in [0.2, 0.25) is 0 Å². The quantitative estimate of drug-likeness (QED) is 0.0979. The van der Waals surface area contributed by atoms with E-state index in [0.29, 0.717) is 54.3 Å². The minimum atomic E-state index is -5.23. The summed E-state index contributed by atoms with van der Waals surface area (Å²) in [6.07, 6.45) is 7.46. The first-order valence-electron chi connectivity index (χ1n) is 20.2. The summed E-state index contributed by atoms with van der Waals surface area (Å²) in [5.74, 6) is 0.193. The third kappa shape index (κ3) is 8.85. The number of rotatable bonds is 14. The molecule has 16 heteroatoms. The summed E-state index contributed by atoms with van der Waals surface area (Å²) >= 11 is 2.02. The second-order valence-electron chi connectivity index (χ2n) is 16.4. The maximum atomic E-state index is 16.4. The van der Waals surface area contributed by atoms with E-state index in [9.17, 15) is 23.7 Å². The molecule has 0 radical (unpaired) electrons. The van der Waals surface area contributed by atoms with Crippen molar-refractivity contribution in [3.63, 3.8) is 0 Å². The Bertz CT molecular complexity index is 2260. The number of nitrogens with zero attached hydrogens (tertiary/aromatic N) is 3. The normalized spacial score (nSPS) is 24.1. The van der Waals surface area contributed by atoms with Gasteiger partial charge in [0, 0.05) is 59.9 Å². The summed E-state index contributed by atoms with van der Waals surface area (Å²) in [5.41, 5.74) is -3.66. The van der Waals surface area contributed by atoms with Crippen molar-refractivity contribution in [1.29, 1.82) is 0 Å². The number of alkyl halides is 2. The predicted molar refractivity (Wildman–Crippen MR) is 223 cm³/mol. The summed E-state index contributed by atoms with van der Waals surface area (Å²) in [6.45, 7) is 4.52. The molecule has 3 aliphatic heterocycles. The molecule has 4 aliphatic rings. The van der Waals surface area contributed by atoms with Crippen molar-refractivity contribution >= 4 is 63.6 Å². The number of carbonyl (C=O) groups excluding carboxylic acids is 4. The van der Waals surface area contributed by atoms with Crippen LogP contribution in [0.1, 0.15) is 79.1 Å². The number of pyridine rings is 1. The molecule has 2 aromatic heterocycles. The molecule has 59 heavy (non-hydrogen) atoms. The van der Waals surface area contributed by atoms with E-state index >= 15 is 8.78 Å². The van der Waals surface area contributed by atoms with Crippen molar-refractivity contribution in [1.82, 2.24) is 20.1 Å². The number of fused-ring (bicyclic) bond motifs is 3. The Balaban J connectivity index is 0.969. The monoisotopic (exact) mass is 864 g/mol. The fourth-order valence-electron chi connectivity index (χ4n) is 8.55. The van der Waals surface area contributed by atoms with Crippen LogP contribution in [0.15, 0.2) is 79.1 Å². The van der Waals surface area contributed by atoms with Gasteiger partial charge in [0.1, 0.15) is 17.8 Å². The number of nitrogens with one attached hydrogen (secondary N) is 1. The Hall–Kier alpha value is -4.17. The lowest BCUT2D eigenvalue weighted by Gasteiger charge is -2.43. The van der Waals surface area contributed by atoms with Crippen LogP contribution in [0.3, 0.4) is 0 Å². The first kappa shape index (κ1) is 41.6. The molecule has 312 valence electrons. The third-order valence-electron chi connectivity index (χ3n) is 11.8. The molecule has 2 aromatic carbocycles. The molecule has 11 nitrogen and oxygen atoms in total. The van der Waals surface area contributed by atoms with Crippen molar-refractivity contribution in [2.45, 2.75) is 82.1 Å². The van der Waals surface area contributed by atoms with Gasteiger partial charge in [0.2, 0.25) is 11.8 Å². The Morgan fingerprint density at radius 2 is 1.80 bits per heavy atom. The molecule has 5 heterocycles. The standard InChI is InChI=1S/C43H47F2N4O7PS2/c1-26(2)17-39(50)58-16-15-55-57(54,56-34-8-4-3-5-9-34)43(44,45)32-10-13-37-30(19-32)22-38(59-37)40(51)47-35-21-29-18-28(29)20-33-11-12-36(49(33)41(35)52)42(53)48-24-31(25-48)27-7-6-14-46-23-27/h3-10,13-14,19,22-23,26,28-29,31,33,35-36H,11-12,15-18,20-21,24-25H2,1-2H3,(H,47,51)/t28-,29+,33+,35-,36-,57?/m0/s1. The number of para-hydroxylation sites is 1. The highest BCUT2D eigenvalue weighted by atomic mass is 32.2. The molecule has 3 saturated heterocycles. The zero-order valence-corrected chi connectivity index (χ0v) is 35.4. The van der Waals surface area contributed by atoms with E-state index in [2.05, 4.69) is 10.3 Å². The van der Waals surface area contributed by atoms with Gasteiger partial charge >= 0.3 is 13.3 Å². The Kier molecular flexibility index (Phi) is 12.0. The van der Waals surface area contributed by atoms with E-state index in [1.165, 1.54) is 30.3 Å². The first-order chi connectivity index (χ1) is 28.3. The van der Waals surface area contributed by atoms with E-state index in [0.717, 1.165) is 54.0 Å². The minimum absolute atomic E-state index is 0.0117. The summed E-state index contributed by atoms with van der Waals surface area (Å²) in [6, 6.07) is 15.2. The molecule has 1 N–H and O–H groups in total. The predicted octanol–water partition coefficient (Wildman–Crippen LogP) is 8.45. The van der Waals surface area contributed by atoms with Gasteiger partial charge in [-0.15, -0.1) is 11.3 Å². The first-order valence-corrected chi connectivity index (χ1v) is 23.5. The van der Waals surface area contributed by atoms with Crippen LogP contribution in [0.25, 0.3) is 10.1 Å². The number of thioether (sulfide) groups is 1. The van der Waals surface area contributed by atoms with E-state index in [4.69, 9.17) is 9.05 Å². The summed E-state index contributed by atoms with van der Waals surface area (Å²) < 4.78 is 58.3. The summed E-state index contributed by atoms with van der Waals surface area (Å²) in [5, 5.41) is 3.16. The van der Waals surface area contributed by atoms with Crippen molar-refractivity contribution in [2.24, 2.45) is 17.8 Å². The van der Waals surface area contributed by atoms with Crippen LogP contribution in [0.5, 0.6) is 5.75 Å². The maximum absolute atomic E-state index is 16.4. The molecule has 0 bridgehead atoms. The van der Waals surface area contributed by atoms with Gasteiger partial charge in [-0.05, 0) is 97.2 Å². The average molecular weight is 865 g/mol. The maximum Gasteiger partial charge on any atom is 0.453 e. The van der Waals surface area contributed by atoms with E-state index < -0.39 is 43.4 Å². The number of benzene rings is 2.